The Bertz CT molecular complexity index is 213. The number of hydrogen-bond donors (Lipinski definition) is 2. The average molecular weight is 261 g/mol. The lowest BCUT2D eigenvalue weighted by molar-refractivity contribution is -0.137. The van der Waals surface area contributed by atoms with Gasteiger partial charge in [-0.15, -0.1) is 0 Å². The number of thioether (sulfide) groups is 1. The Kier molecular flexibility index (Phi) is 8.70. The second-order valence-corrected chi connectivity index (χ2v) is 6.52. The number of carbonyl (C=O) groups is 1. The van der Waals surface area contributed by atoms with Crippen molar-refractivity contribution in [1.82, 2.24) is 0 Å². The van der Waals surface area contributed by atoms with E-state index < -0.39 is 12.0 Å². The van der Waals surface area contributed by atoms with Crippen LogP contribution in [0.25, 0.3) is 0 Å². The topological polar surface area (TPSA) is 63.3 Å². The second-order valence-electron chi connectivity index (χ2n) is 4.91. The SMILES string of the molecule is CCCCC(C)(CCCC)SC[C@H](N)C(=O)O. The number of carboxylic acid groups (broad SMARTS) is 1. The summed E-state index contributed by atoms with van der Waals surface area (Å²) in [5.74, 6) is -0.384. The maximum atomic E-state index is 10.7. The molecule has 0 amide bonds. The van der Waals surface area contributed by atoms with Crippen molar-refractivity contribution < 1.29 is 9.90 Å². The molecule has 0 aliphatic rings. The van der Waals surface area contributed by atoms with Crippen LogP contribution in [-0.4, -0.2) is 27.6 Å². The Balaban J connectivity index is 4.21. The van der Waals surface area contributed by atoms with Gasteiger partial charge in [-0.05, 0) is 12.8 Å². The number of aliphatic carboxylic acids is 1. The maximum absolute atomic E-state index is 10.7. The highest BCUT2D eigenvalue weighted by Gasteiger charge is 2.25. The van der Waals surface area contributed by atoms with Crippen LogP contribution >= 0.6 is 11.8 Å². The van der Waals surface area contributed by atoms with Crippen molar-refractivity contribution in [3.8, 4) is 0 Å². The van der Waals surface area contributed by atoms with Crippen molar-refractivity contribution in [2.45, 2.75) is 70.1 Å². The molecule has 0 aromatic rings. The fourth-order valence-electron chi connectivity index (χ4n) is 1.73. The van der Waals surface area contributed by atoms with Gasteiger partial charge >= 0.3 is 5.97 Å². The van der Waals surface area contributed by atoms with E-state index in [0.717, 1.165) is 12.8 Å². The summed E-state index contributed by atoms with van der Waals surface area (Å²) in [6, 6.07) is -0.734. The molecule has 102 valence electrons. The largest absolute Gasteiger partial charge is 0.480 e. The summed E-state index contributed by atoms with van der Waals surface area (Å²) in [4.78, 5) is 10.7. The first-order valence-electron chi connectivity index (χ1n) is 6.57. The molecule has 0 aromatic carbocycles. The van der Waals surface area contributed by atoms with Gasteiger partial charge in [0.2, 0.25) is 0 Å². The van der Waals surface area contributed by atoms with E-state index in [1.807, 2.05) is 0 Å². The highest BCUT2D eigenvalue weighted by molar-refractivity contribution is 8.00. The van der Waals surface area contributed by atoms with Crippen molar-refractivity contribution in [2.24, 2.45) is 5.73 Å². The summed E-state index contributed by atoms with van der Waals surface area (Å²) in [6.07, 6.45) is 7.09. The van der Waals surface area contributed by atoms with Crippen LogP contribution in [0, 0.1) is 0 Å². The van der Waals surface area contributed by atoms with Crippen molar-refractivity contribution in [3.05, 3.63) is 0 Å². The van der Waals surface area contributed by atoms with Gasteiger partial charge in [-0.1, -0.05) is 46.5 Å². The molecular formula is C13H27NO2S. The molecule has 0 rings (SSSR count). The molecule has 3 N–H and O–H groups in total. The van der Waals surface area contributed by atoms with Gasteiger partial charge in [0, 0.05) is 10.5 Å². The van der Waals surface area contributed by atoms with Crippen molar-refractivity contribution in [3.63, 3.8) is 0 Å². The van der Waals surface area contributed by atoms with Gasteiger partial charge < -0.3 is 10.8 Å². The van der Waals surface area contributed by atoms with Crippen molar-refractivity contribution >= 4 is 17.7 Å². The molecule has 0 heterocycles. The lowest BCUT2D eigenvalue weighted by Crippen LogP contribution is -2.35. The number of hydrogen-bond acceptors (Lipinski definition) is 3. The summed E-state index contributed by atoms with van der Waals surface area (Å²) >= 11 is 1.73. The molecule has 0 bridgehead atoms. The predicted molar refractivity (Wildman–Crippen MR) is 75.5 cm³/mol. The van der Waals surface area contributed by atoms with E-state index in [-0.39, 0.29) is 4.75 Å². The minimum atomic E-state index is -0.897. The molecule has 17 heavy (non-hydrogen) atoms. The monoisotopic (exact) mass is 261 g/mol. The normalized spacial score (nSPS) is 13.6. The predicted octanol–water partition coefficient (Wildman–Crippen LogP) is 3.27. The minimum absolute atomic E-state index is 0.194. The van der Waals surface area contributed by atoms with Crippen LogP contribution in [0.5, 0.6) is 0 Å². The van der Waals surface area contributed by atoms with Crippen LogP contribution in [0.2, 0.25) is 0 Å². The second kappa shape index (κ2) is 8.81. The van der Waals surface area contributed by atoms with Gasteiger partial charge in [0.15, 0.2) is 0 Å². The van der Waals surface area contributed by atoms with E-state index in [2.05, 4.69) is 20.8 Å². The van der Waals surface area contributed by atoms with E-state index in [1.165, 1.54) is 25.7 Å². The molecule has 0 unspecified atom stereocenters. The number of nitrogens with two attached hydrogens (primary N) is 1. The summed E-state index contributed by atoms with van der Waals surface area (Å²) < 4.78 is 0.194. The lowest BCUT2D eigenvalue weighted by atomic mass is 9.97. The molecule has 0 spiro atoms. The van der Waals surface area contributed by atoms with E-state index in [4.69, 9.17) is 10.8 Å². The van der Waals surface area contributed by atoms with Crippen molar-refractivity contribution in [2.75, 3.05) is 5.75 Å². The molecular weight excluding hydrogens is 234 g/mol. The molecule has 0 aliphatic carbocycles. The van der Waals surface area contributed by atoms with Crippen LogP contribution in [0.1, 0.15) is 59.3 Å². The van der Waals surface area contributed by atoms with Gasteiger partial charge in [0.05, 0.1) is 0 Å². The molecule has 0 saturated heterocycles. The zero-order valence-electron chi connectivity index (χ0n) is 11.4. The molecule has 0 aromatic heterocycles. The van der Waals surface area contributed by atoms with E-state index >= 15 is 0 Å². The van der Waals surface area contributed by atoms with Crippen LogP contribution in [-0.2, 0) is 4.79 Å². The molecule has 0 radical (unpaired) electrons. The van der Waals surface area contributed by atoms with Crippen LogP contribution in [0.4, 0.5) is 0 Å². The third kappa shape index (κ3) is 7.66. The average Bonchev–Trinajstić information content (AvgIpc) is 2.31. The Morgan fingerprint density at radius 2 is 1.76 bits per heavy atom. The van der Waals surface area contributed by atoms with Crippen LogP contribution in [0.3, 0.4) is 0 Å². The minimum Gasteiger partial charge on any atom is -0.480 e. The van der Waals surface area contributed by atoms with Gasteiger partial charge in [-0.25, -0.2) is 0 Å². The lowest BCUT2D eigenvalue weighted by Gasteiger charge is -2.29. The first kappa shape index (κ1) is 16.8. The van der Waals surface area contributed by atoms with E-state index in [1.54, 1.807) is 11.8 Å². The molecule has 0 fully saturated rings. The molecule has 0 aliphatic heterocycles. The standard InChI is InChI=1S/C13H27NO2S/c1-4-6-8-13(3,9-7-5-2)17-10-11(14)12(15)16/h11H,4-10,14H2,1-3H3,(H,15,16)/t11-/m0/s1. The van der Waals surface area contributed by atoms with Crippen LogP contribution < -0.4 is 5.73 Å². The van der Waals surface area contributed by atoms with Crippen LogP contribution in [0.15, 0.2) is 0 Å². The summed E-state index contributed by atoms with van der Waals surface area (Å²) in [6.45, 7) is 6.62. The van der Waals surface area contributed by atoms with Gasteiger partial charge in [0.1, 0.15) is 6.04 Å². The molecule has 0 saturated carbocycles. The van der Waals surface area contributed by atoms with Gasteiger partial charge in [-0.2, -0.15) is 11.8 Å². The quantitative estimate of drug-likeness (QED) is 0.633. The summed E-state index contributed by atoms with van der Waals surface area (Å²) in [7, 11) is 0. The van der Waals surface area contributed by atoms with Gasteiger partial charge in [0.25, 0.3) is 0 Å². The van der Waals surface area contributed by atoms with E-state index in [0.29, 0.717) is 5.75 Å². The third-order valence-corrected chi connectivity index (χ3v) is 4.68. The molecule has 1 atom stereocenters. The zero-order chi connectivity index (χ0) is 13.3. The molecule has 3 nitrogen and oxygen atoms in total. The Morgan fingerprint density at radius 1 is 1.29 bits per heavy atom. The number of carboxylic acids is 1. The zero-order valence-corrected chi connectivity index (χ0v) is 12.2. The third-order valence-electron chi connectivity index (χ3n) is 3.05. The van der Waals surface area contributed by atoms with Gasteiger partial charge in [-0.3, -0.25) is 4.79 Å². The maximum Gasteiger partial charge on any atom is 0.321 e. The first-order valence-corrected chi connectivity index (χ1v) is 7.56. The molecule has 4 heteroatoms. The smallest absolute Gasteiger partial charge is 0.321 e. The Hall–Kier alpha value is -0.220. The first-order chi connectivity index (χ1) is 7.95. The fourth-order valence-corrected chi connectivity index (χ4v) is 3.03. The number of unbranched alkanes of at least 4 members (excludes halogenated alkanes) is 2. The Morgan fingerprint density at radius 3 is 2.12 bits per heavy atom. The highest BCUT2D eigenvalue weighted by atomic mass is 32.2. The van der Waals surface area contributed by atoms with E-state index in [9.17, 15) is 4.79 Å². The summed E-state index contributed by atoms with van der Waals surface area (Å²) in [5.41, 5.74) is 5.56. The summed E-state index contributed by atoms with van der Waals surface area (Å²) in [5, 5.41) is 8.79. The number of rotatable bonds is 10. The fraction of sp³-hybridized carbons (Fsp3) is 0.923. The van der Waals surface area contributed by atoms with Crippen molar-refractivity contribution in [1.29, 1.82) is 0 Å². The highest BCUT2D eigenvalue weighted by Crippen LogP contribution is 2.35. The Labute approximate surface area is 110 Å².